The molecule has 2 aromatic heterocycles. The number of thiazole rings is 1. The van der Waals surface area contributed by atoms with E-state index in [2.05, 4.69) is 15.4 Å². The lowest BCUT2D eigenvalue weighted by molar-refractivity contribution is 0.490. The molecule has 5 heteroatoms. The fraction of sp³-hybridized carbons (Fsp3) is 0.333. The average molecular weight is 248 g/mol. The molecule has 4 nitrogen and oxygen atoms in total. The van der Waals surface area contributed by atoms with E-state index in [0.717, 1.165) is 24.3 Å². The van der Waals surface area contributed by atoms with E-state index in [0.29, 0.717) is 0 Å². The first-order valence-electron chi connectivity index (χ1n) is 5.62. The maximum atomic E-state index is 5.57. The van der Waals surface area contributed by atoms with Gasteiger partial charge in [-0.2, -0.15) is 0 Å². The maximum Gasteiger partial charge on any atom is 0.0940 e. The van der Waals surface area contributed by atoms with Gasteiger partial charge in [-0.05, 0) is 30.5 Å². The Morgan fingerprint density at radius 3 is 2.76 bits per heavy atom. The highest BCUT2D eigenvalue weighted by molar-refractivity contribution is 7.09. The summed E-state index contributed by atoms with van der Waals surface area (Å²) in [5.74, 6) is 5.57. The van der Waals surface area contributed by atoms with Crippen molar-refractivity contribution in [3.63, 3.8) is 0 Å². The predicted octanol–water partition coefficient (Wildman–Crippen LogP) is 1.55. The molecule has 0 aliphatic rings. The Bertz CT molecular complexity index is 415. The van der Waals surface area contributed by atoms with Gasteiger partial charge in [-0.1, -0.05) is 0 Å². The van der Waals surface area contributed by atoms with Crippen LogP contribution in [0.25, 0.3) is 0 Å². The van der Waals surface area contributed by atoms with Crippen LogP contribution in [0.1, 0.15) is 17.0 Å². The number of nitrogens with zero attached hydrogens (tertiary/aromatic N) is 2. The Labute approximate surface area is 105 Å². The summed E-state index contributed by atoms with van der Waals surface area (Å²) in [6.07, 6.45) is 8.36. The van der Waals surface area contributed by atoms with Crippen molar-refractivity contribution < 1.29 is 0 Å². The third-order valence-electron chi connectivity index (χ3n) is 2.67. The Morgan fingerprint density at radius 1 is 1.29 bits per heavy atom. The number of nitrogens with two attached hydrogens (primary N) is 1. The van der Waals surface area contributed by atoms with Gasteiger partial charge in [0.05, 0.1) is 5.01 Å². The Morgan fingerprint density at radius 2 is 2.12 bits per heavy atom. The number of aromatic nitrogens is 2. The van der Waals surface area contributed by atoms with Gasteiger partial charge in [0.15, 0.2) is 0 Å². The highest BCUT2D eigenvalue weighted by Crippen LogP contribution is 2.11. The SMILES string of the molecule is NNC(CCc1ccncc1)Cc1nccs1. The molecule has 0 saturated heterocycles. The maximum absolute atomic E-state index is 5.57. The monoisotopic (exact) mass is 248 g/mol. The average Bonchev–Trinajstić information content (AvgIpc) is 2.88. The van der Waals surface area contributed by atoms with Crippen LogP contribution in [0.3, 0.4) is 0 Å². The fourth-order valence-corrected chi connectivity index (χ4v) is 2.40. The van der Waals surface area contributed by atoms with Crippen molar-refractivity contribution >= 4 is 11.3 Å². The zero-order valence-electron chi connectivity index (χ0n) is 9.54. The Hall–Kier alpha value is -1.30. The van der Waals surface area contributed by atoms with Crippen molar-refractivity contribution in [1.29, 1.82) is 0 Å². The summed E-state index contributed by atoms with van der Waals surface area (Å²) < 4.78 is 0. The second-order valence-corrected chi connectivity index (χ2v) is 4.87. The molecule has 17 heavy (non-hydrogen) atoms. The minimum absolute atomic E-state index is 0.273. The molecule has 0 aliphatic heterocycles. The van der Waals surface area contributed by atoms with Crippen molar-refractivity contribution in [2.45, 2.75) is 25.3 Å². The minimum Gasteiger partial charge on any atom is -0.271 e. The highest BCUT2D eigenvalue weighted by atomic mass is 32.1. The molecule has 0 aliphatic carbocycles. The smallest absolute Gasteiger partial charge is 0.0940 e. The van der Waals surface area contributed by atoms with Gasteiger partial charge in [-0.25, -0.2) is 4.98 Å². The number of hydrogen-bond donors (Lipinski definition) is 2. The first-order valence-corrected chi connectivity index (χ1v) is 6.50. The molecule has 2 rings (SSSR count). The van der Waals surface area contributed by atoms with Gasteiger partial charge in [-0.15, -0.1) is 11.3 Å². The van der Waals surface area contributed by atoms with Crippen LogP contribution in [0.5, 0.6) is 0 Å². The van der Waals surface area contributed by atoms with Gasteiger partial charge in [0.1, 0.15) is 0 Å². The topological polar surface area (TPSA) is 63.8 Å². The Kier molecular flexibility index (Phi) is 4.61. The largest absolute Gasteiger partial charge is 0.271 e. The number of aryl methyl sites for hydroxylation is 1. The van der Waals surface area contributed by atoms with Crippen LogP contribution in [0.15, 0.2) is 36.1 Å². The van der Waals surface area contributed by atoms with Gasteiger partial charge in [0, 0.05) is 36.4 Å². The number of rotatable bonds is 6. The van der Waals surface area contributed by atoms with Gasteiger partial charge in [0.2, 0.25) is 0 Å². The van der Waals surface area contributed by atoms with Crippen LogP contribution in [-0.4, -0.2) is 16.0 Å². The molecule has 1 atom stereocenters. The molecule has 0 amide bonds. The lowest BCUT2D eigenvalue weighted by Crippen LogP contribution is -2.37. The van der Waals surface area contributed by atoms with Gasteiger partial charge < -0.3 is 0 Å². The van der Waals surface area contributed by atoms with Crippen LogP contribution in [0.2, 0.25) is 0 Å². The van der Waals surface area contributed by atoms with Crippen molar-refractivity contribution in [3.8, 4) is 0 Å². The lowest BCUT2D eigenvalue weighted by atomic mass is 10.0. The predicted molar refractivity (Wildman–Crippen MR) is 69.5 cm³/mol. The molecule has 0 fully saturated rings. The van der Waals surface area contributed by atoms with E-state index in [1.807, 2.05) is 36.1 Å². The number of hydrogen-bond acceptors (Lipinski definition) is 5. The van der Waals surface area contributed by atoms with Crippen LogP contribution < -0.4 is 11.3 Å². The summed E-state index contributed by atoms with van der Waals surface area (Å²) in [5.41, 5.74) is 4.15. The second-order valence-electron chi connectivity index (χ2n) is 3.89. The first-order chi connectivity index (χ1) is 8.38. The van der Waals surface area contributed by atoms with E-state index < -0.39 is 0 Å². The molecule has 0 saturated carbocycles. The van der Waals surface area contributed by atoms with Crippen molar-refractivity contribution in [1.82, 2.24) is 15.4 Å². The van der Waals surface area contributed by atoms with Crippen LogP contribution in [0, 0.1) is 0 Å². The number of pyridine rings is 1. The van der Waals surface area contributed by atoms with Crippen molar-refractivity contribution in [2.75, 3.05) is 0 Å². The fourth-order valence-electron chi connectivity index (χ4n) is 1.70. The molecule has 0 aromatic carbocycles. The molecule has 0 spiro atoms. The molecule has 0 radical (unpaired) electrons. The molecule has 90 valence electrons. The summed E-state index contributed by atoms with van der Waals surface area (Å²) in [6.45, 7) is 0. The van der Waals surface area contributed by atoms with E-state index in [1.165, 1.54) is 5.56 Å². The quantitative estimate of drug-likeness (QED) is 0.601. The molecule has 0 bridgehead atoms. The normalized spacial score (nSPS) is 12.5. The summed E-state index contributed by atoms with van der Waals surface area (Å²) in [6, 6.07) is 4.35. The summed E-state index contributed by atoms with van der Waals surface area (Å²) in [4.78, 5) is 8.28. The van der Waals surface area contributed by atoms with Gasteiger partial charge in [0.25, 0.3) is 0 Å². The zero-order valence-corrected chi connectivity index (χ0v) is 10.4. The highest BCUT2D eigenvalue weighted by Gasteiger charge is 2.09. The number of hydrazine groups is 1. The van der Waals surface area contributed by atoms with Crippen molar-refractivity contribution in [2.24, 2.45) is 5.84 Å². The third kappa shape index (κ3) is 3.89. The van der Waals surface area contributed by atoms with E-state index in [-0.39, 0.29) is 6.04 Å². The van der Waals surface area contributed by atoms with E-state index >= 15 is 0 Å². The second kappa shape index (κ2) is 6.44. The molecular weight excluding hydrogens is 232 g/mol. The third-order valence-corrected chi connectivity index (χ3v) is 3.47. The summed E-state index contributed by atoms with van der Waals surface area (Å²) in [7, 11) is 0. The summed E-state index contributed by atoms with van der Waals surface area (Å²) in [5, 5.41) is 3.12. The minimum atomic E-state index is 0.273. The van der Waals surface area contributed by atoms with E-state index in [9.17, 15) is 0 Å². The first kappa shape index (κ1) is 12.2. The van der Waals surface area contributed by atoms with E-state index in [4.69, 9.17) is 5.84 Å². The van der Waals surface area contributed by atoms with Crippen LogP contribution in [0.4, 0.5) is 0 Å². The lowest BCUT2D eigenvalue weighted by Gasteiger charge is -2.14. The standard InChI is InChI=1S/C12H16N4S/c13-16-11(9-12-15-7-8-17-12)2-1-10-3-5-14-6-4-10/h3-8,11,16H,1-2,9,13H2. The molecule has 3 N–H and O–H groups in total. The zero-order chi connectivity index (χ0) is 11.9. The van der Waals surface area contributed by atoms with Gasteiger partial charge >= 0.3 is 0 Å². The molecule has 2 heterocycles. The molecular formula is C12H16N4S. The van der Waals surface area contributed by atoms with Crippen LogP contribution >= 0.6 is 11.3 Å². The molecule has 1 unspecified atom stereocenters. The summed E-state index contributed by atoms with van der Waals surface area (Å²) >= 11 is 1.67. The Balaban J connectivity index is 1.84. The van der Waals surface area contributed by atoms with E-state index in [1.54, 1.807) is 11.3 Å². The van der Waals surface area contributed by atoms with Crippen LogP contribution in [-0.2, 0) is 12.8 Å². The van der Waals surface area contributed by atoms with Gasteiger partial charge in [-0.3, -0.25) is 16.3 Å². The molecule has 2 aromatic rings. The number of nitrogens with one attached hydrogen (secondary N) is 1. The van der Waals surface area contributed by atoms with Crippen molar-refractivity contribution in [3.05, 3.63) is 46.7 Å².